The average Bonchev–Trinajstić information content (AvgIpc) is 3.28. The van der Waals surface area contributed by atoms with Crippen LogP contribution in [0.4, 0.5) is 0 Å². The normalized spacial score (nSPS) is 11.3. The summed E-state index contributed by atoms with van der Waals surface area (Å²) in [5, 5.41) is 2.49. The van der Waals surface area contributed by atoms with E-state index in [0.717, 1.165) is 17.0 Å². The number of benzene rings is 3. The number of hydrogen-bond acceptors (Lipinski definition) is 1. The van der Waals surface area contributed by atoms with Gasteiger partial charge in [0.1, 0.15) is 5.76 Å². The molecule has 0 spiro atoms. The Morgan fingerprint density at radius 1 is 0.625 bits per heavy atom. The molecule has 0 unspecified atom stereocenters. The first-order chi connectivity index (χ1) is 11.9. The van der Waals surface area contributed by atoms with Gasteiger partial charge in [-0.15, -0.1) is 0 Å². The van der Waals surface area contributed by atoms with E-state index in [1.807, 2.05) is 18.2 Å². The number of rotatable bonds is 2. The molecular weight excluding hydrogens is 294 g/mol. The largest absolute Gasteiger partial charge is 0.464 e. The Labute approximate surface area is 139 Å². The lowest BCUT2D eigenvalue weighted by atomic mass is 10.1. The Kier molecular flexibility index (Phi) is 2.83. The number of hydrogen-bond donors (Lipinski definition) is 0. The number of furan rings is 1. The molecule has 5 rings (SSSR count). The summed E-state index contributed by atoms with van der Waals surface area (Å²) >= 11 is 0. The number of para-hydroxylation sites is 3. The van der Waals surface area contributed by atoms with Crippen LogP contribution >= 0.6 is 0 Å². The van der Waals surface area contributed by atoms with Crippen LogP contribution in [0.15, 0.2) is 95.6 Å². The van der Waals surface area contributed by atoms with Crippen molar-refractivity contribution in [1.82, 2.24) is 4.57 Å². The molecule has 0 saturated carbocycles. The summed E-state index contributed by atoms with van der Waals surface area (Å²) in [7, 11) is 0. The molecule has 0 N–H and O–H groups in total. The maximum absolute atomic E-state index is 5.70. The lowest BCUT2D eigenvalue weighted by molar-refractivity contribution is 0.583. The van der Waals surface area contributed by atoms with Gasteiger partial charge in [-0.25, -0.2) is 0 Å². The van der Waals surface area contributed by atoms with E-state index in [1.165, 1.54) is 21.8 Å². The molecule has 114 valence electrons. The van der Waals surface area contributed by atoms with Crippen LogP contribution in [0.5, 0.6) is 0 Å². The van der Waals surface area contributed by atoms with E-state index >= 15 is 0 Å². The molecule has 2 aromatic heterocycles. The van der Waals surface area contributed by atoms with Crippen LogP contribution < -0.4 is 0 Å². The minimum Gasteiger partial charge on any atom is -0.464 e. The Hall–Kier alpha value is -3.26. The van der Waals surface area contributed by atoms with Gasteiger partial charge in [-0.2, -0.15) is 0 Å². The average molecular weight is 309 g/mol. The van der Waals surface area contributed by atoms with Crippen LogP contribution in [0.3, 0.4) is 0 Å². The molecule has 0 atom stereocenters. The molecule has 2 heterocycles. The van der Waals surface area contributed by atoms with Gasteiger partial charge in [-0.3, -0.25) is 0 Å². The predicted octanol–water partition coefficient (Wildman–Crippen LogP) is 6.04. The van der Waals surface area contributed by atoms with E-state index in [1.54, 1.807) is 6.26 Å². The lowest BCUT2D eigenvalue weighted by Gasteiger charge is -2.10. The second-order valence-corrected chi connectivity index (χ2v) is 5.87. The second kappa shape index (κ2) is 5.14. The van der Waals surface area contributed by atoms with Crippen molar-refractivity contribution in [3.05, 3.63) is 91.2 Å². The summed E-state index contributed by atoms with van der Waals surface area (Å²) < 4.78 is 8.02. The van der Waals surface area contributed by atoms with Gasteiger partial charge in [0, 0.05) is 22.0 Å². The Bertz CT molecular complexity index is 1130. The SMILES string of the molecule is c1ccc(-n2c3ccccc3c3cccc(-c4ccco4)c32)cc1. The first kappa shape index (κ1) is 13.2. The zero-order chi connectivity index (χ0) is 15.9. The number of nitrogens with zero attached hydrogens (tertiary/aromatic N) is 1. The van der Waals surface area contributed by atoms with Crippen molar-refractivity contribution >= 4 is 21.8 Å². The molecule has 0 saturated heterocycles. The highest BCUT2D eigenvalue weighted by molar-refractivity contribution is 6.13. The van der Waals surface area contributed by atoms with E-state index in [2.05, 4.69) is 71.3 Å². The quantitative estimate of drug-likeness (QED) is 0.388. The minimum atomic E-state index is 0.889. The Morgan fingerprint density at radius 2 is 1.42 bits per heavy atom. The smallest absolute Gasteiger partial charge is 0.135 e. The molecular formula is C22H15NO. The fourth-order valence-electron chi connectivity index (χ4n) is 3.49. The van der Waals surface area contributed by atoms with E-state index in [4.69, 9.17) is 4.42 Å². The number of fused-ring (bicyclic) bond motifs is 3. The van der Waals surface area contributed by atoms with E-state index < -0.39 is 0 Å². The monoisotopic (exact) mass is 309 g/mol. The molecule has 24 heavy (non-hydrogen) atoms. The molecule has 3 aromatic carbocycles. The minimum absolute atomic E-state index is 0.889. The van der Waals surface area contributed by atoms with Crippen LogP contribution in [0, 0.1) is 0 Å². The summed E-state index contributed by atoms with van der Waals surface area (Å²) in [6.07, 6.45) is 1.73. The van der Waals surface area contributed by atoms with Gasteiger partial charge in [0.25, 0.3) is 0 Å². The molecule has 0 aliphatic carbocycles. The van der Waals surface area contributed by atoms with Crippen molar-refractivity contribution in [3.8, 4) is 17.0 Å². The standard InChI is InChI=1S/C22H15NO/c1-2-8-16(9-3-1)23-20-13-5-4-10-17(20)18-11-6-12-19(22(18)23)21-14-7-15-24-21/h1-15H. The molecule has 5 aromatic rings. The third kappa shape index (κ3) is 1.83. The fraction of sp³-hybridized carbons (Fsp3) is 0. The van der Waals surface area contributed by atoms with Gasteiger partial charge in [0.15, 0.2) is 0 Å². The van der Waals surface area contributed by atoms with Crippen molar-refractivity contribution < 1.29 is 4.42 Å². The van der Waals surface area contributed by atoms with Crippen LogP contribution in [0.1, 0.15) is 0 Å². The molecule has 0 bridgehead atoms. The molecule has 2 heteroatoms. The van der Waals surface area contributed by atoms with Crippen LogP contribution in [0.2, 0.25) is 0 Å². The zero-order valence-corrected chi connectivity index (χ0v) is 13.0. The summed E-state index contributed by atoms with van der Waals surface area (Å²) in [6, 6.07) is 29.4. The first-order valence-electron chi connectivity index (χ1n) is 8.05. The van der Waals surface area contributed by atoms with E-state index in [9.17, 15) is 0 Å². The molecule has 2 nitrogen and oxygen atoms in total. The maximum atomic E-state index is 5.70. The van der Waals surface area contributed by atoms with Crippen LogP contribution in [0.25, 0.3) is 38.8 Å². The van der Waals surface area contributed by atoms with Gasteiger partial charge in [0.05, 0.1) is 17.3 Å². The zero-order valence-electron chi connectivity index (χ0n) is 13.0. The van der Waals surface area contributed by atoms with Crippen LogP contribution in [-0.4, -0.2) is 4.57 Å². The van der Waals surface area contributed by atoms with Crippen LogP contribution in [-0.2, 0) is 0 Å². The number of aromatic nitrogens is 1. The van der Waals surface area contributed by atoms with Crippen molar-refractivity contribution in [2.45, 2.75) is 0 Å². The van der Waals surface area contributed by atoms with Gasteiger partial charge < -0.3 is 8.98 Å². The highest BCUT2D eigenvalue weighted by Crippen LogP contribution is 2.37. The Balaban J connectivity index is 2.01. The van der Waals surface area contributed by atoms with Crippen molar-refractivity contribution in [3.63, 3.8) is 0 Å². The summed E-state index contributed by atoms with van der Waals surface area (Å²) in [5.41, 5.74) is 4.65. The third-order valence-electron chi connectivity index (χ3n) is 4.50. The van der Waals surface area contributed by atoms with E-state index in [-0.39, 0.29) is 0 Å². The highest BCUT2D eigenvalue weighted by Gasteiger charge is 2.16. The van der Waals surface area contributed by atoms with Gasteiger partial charge >= 0.3 is 0 Å². The first-order valence-corrected chi connectivity index (χ1v) is 8.05. The van der Waals surface area contributed by atoms with E-state index in [0.29, 0.717) is 0 Å². The summed E-state index contributed by atoms with van der Waals surface area (Å²) in [6.45, 7) is 0. The van der Waals surface area contributed by atoms with Crippen molar-refractivity contribution in [2.75, 3.05) is 0 Å². The molecule has 0 aliphatic rings. The Morgan fingerprint density at radius 3 is 2.25 bits per heavy atom. The van der Waals surface area contributed by atoms with Crippen molar-refractivity contribution in [1.29, 1.82) is 0 Å². The lowest BCUT2D eigenvalue weighted by Crippen LogP contribution is -1.94. The highest BCUT2D eigenvalue weighted by atomic mass is 16.3. The summed E-state index contributed by atoms with van der Waals surface area (Å²) in [4.78, 5) is 0. The van der Waals surface area contributed by atoms with Gasteiger partial charge in [0.2, 0.25) is 0 Å². The second-order valence-electron chi connectivity index (χ2n) is 5.87. The third-order valence-corrected chi connectivity index (χ3v) is 4.50. The maximum Gasteiger partial charge on any atom is 0.135 e. The molecule has 0 fully saturated rings. The molecule has 0 radical (unpaired) electrons. The van der Waals surface area contributed by atoms with Gasteiger partial charge in [-0.05, 0) is 36.4 Å². The topological polar surface area (TPSA) is 18.1 Å². The van der Waals surface area contributed by atoms with Gasteiger partial charge in [-0.1, -0.05) is 48.5 Å². The molecule has 0 amide bonds. The summed E-state index contributed by atoms with van der Waals surface area (Å²) in [5.74, 6) is 0.889. The van der Waals surface area contributed by atoms with Crippen molar-refractivity contribution in [2.24, 2.45) is 0 Å². The predicted molar refractivity (Wildman–Crippen MR) is 98.5 cm³/mol. The fourth-order valence-corrected chi connectivity index (χ4v) is 3.49. The molecule has 0 aliphatic heterocycles.